The van der Waals surface area contributed by atoms with Crippen LogP contribution in [-0.2, 0) is 6.42 Å². The second-order valence-electron chi connectivity index (χ2n) is 8.50. The molecule has 4 rings (SSSR count). The van der Waals surface area contributed by atoms with Gasteiger partial charge < -0.3 is 14.4 Å². The quantitative estimate of drug-likeness (QED) is 0.816. The minimum atomic E-state index is 0.407. The van der Waals surface area contributed by atoms with E-state index in [1.165, 1.54) is 36.9 Å². The largest absolute Gasteiger partial charge is 0.493 e. The molecule has 4 nitrogen and oxygen atoms in total. The van der Waals surface area contributed by atoms with Crippen LogP contribution in [0.5, 0.6) is 11.5 Å². The lowest BCUT2D eigenvalue weighted by atomic mass is 9.88. The lowest BCUT2D eigenvalue weighted by molar-refractivity contribution is 0.0294. The van der Waals surface area contributed by atoms with Gasteiger partial charge in [0.15, 0.2) is 11.5 Å². The molecular formula is C21H32N2O2. The van der Waals surface area contributed by atoms with Gasteiger partial charge in [-0.3, -0.25) is 4.90 Å². The fourth-order valence-electron chi connectivity index (χ4n) is 4.44. The van der Waals surface area contributed by atoms with E-state index in [4.69, 9.17) is 9.47 Å². The Kier molecular flexibility index (Phi) is 4.67. The molecule has 1 aromatic rings. The maximum Gasteiger partial charge on any atom is 0.161 e. The van der Waals surface area contributed by atoms with E-state index in [9.17, 15) is 0 Å². The first-order valence-electron chi connectivity index (χ1n) is 9.87. The van der Waals surface area contributed by atoms with Gasteiger partial charge in [0.2, 0.25) is 0 Å². The number of benzene rings is 1. The molecule has 0 amide bonds. The average molecular weight is 344 g/mol. The smallest absolute Gasteiger partial charge is 0.161 e. The molecule has 2 atom stereocenters. The highest BCUT2D eigenvalue weighted by molar-refractivity contribution is 5.50. The van der Waals surface area contributed by atoms with Crippen LogP contribution in [0, 0.1) is 5.92 Å². The van der Waals surface area contributed by atoms with Crippen LogP contribution in [0.1, 0.15) is 50.3 Å². The number of rotatable bonds is 5. The minimum absolute atomic E-state index is 0.407. The van der Waals surface area contributed by atoms with Crippen molar-refractivity contribution in [1.82, 2.24) is 9.80 Å². The number of hydrogen-bond donors (Lipinski definition) is 0. The Morgan fingerprint density at radius 2 is 1.96 bits per heavy atom. The molecule has 2 heterocycles. The van der Waals surface area contributed by atoms with E-state index in [0.29, 0.717) is 18.2 Å². The van der Waals surface area contributed by atoms with Crippen LogP contribution in [0.2, 0.25) is 0 Å². The first kappa shape index (κ1) is 17.2. The summed E-state index contributed by atoms with van der Waals surface area (Å²) in [5, 5.41) is 0. The fraction of sp³-hybridized carbons (Fsp3) is 0.714. The highest BCUT2D eigenvalue weighted by Gasteiger charge is 2.37. The molecule has 1 aliphatic carbocycles. The standard InChI is InChI=1S/C21H32N2O2/c1-14(2)9-16-12-23-8-7-15-10-21(25-17-5-6-17)20(24-4)11-18(15)19(23)13-22(16)3/h10-11,14,16-17,19H,5-9,12-13H2,1-4H3/t16-,19?/m1/s1. The molecular weight excluding hydrogens is 312 g/mol. The molecule has 4 heteroatoms. The number of likely N-dealkylation sites (N-methyl/N-ethyl adjacent to an activating group) is 1. The zero-order valence-corrected chi connectivity index (χ0v) is 16.1. The number of methoxy groups -OCH3 is 1. The monoisotopic (exact) mass is 344 g/mol. The summed E-state index contributed by atoms with van der Waals surface area (Å²) < 4.78 is 11.7. The van der Waals surface area contributed by atoms with Crippen LogP contribution < -0.4 is 9.47 Å². The molecule has 0 spiro atoms. The van der Waals surface area contributed by atoms with Crippen LogP contribution >= 0.6 is 0 Å². The molecule has 1 saturated heterocycles. The zero-order valence-electron chi connectivity index (χ0n) is 16.1. The van der Waals surface area contributed by atoms with Gasteiger partial charge in [-0.25, -0.2) is 0 Å². The molecule has 138 valence electrons. The van der Waals surface area contributed by atoms with E-state index in [0.717, 1.165) is 36.9 Å². The van der Waals surface area contributed by atoms with Gasteiger partial charge in [-0.2, -0.15) is 0 Å². The molecule has 0 aromatic heterocycles. The number of nitrogens with zero attached hydrogens (tertiary/aromatic N) is 2. The average Bonchev–Trinajstić information content (AvgIpc) is 3.38. The normalized spacial score (nSPS) is 27.1. The summed E-state index contributed by atoms with van der Waals surface area (Å²) in [5.41, 5.74) is 2.90. The molecule has 3 aliphatic rings. The predicted molar refractivity (Wildman–Crippen MR) is 101 cm³/mol. The molecule has 1 aromatic carbocycles. The topological polar surface area (TPSA) is 24.9 Å². The van der Waals surface area contributed by atoms with E-state index < -0.39 is 0 Å². The lowest BCUT2D eigenvalue weighted by Crippen LogP contribution is -2.55. The van der Waals surface area contributed by atoms with Gasteiger partial charge in [0, 0.05) is 31.7 Å². The van der Waals surface area contributed by atoms with E-state index >= 15 is 0 Å². The molecule has 2 fully saturated rings. The Hall–Kier alpha value is -1.26. The molecule has 1 unspecified atom stereocenters. The first-order chi connectivity index (χ1) is 12.0. The number of hydrogen-bond acceptors (Lipinski definition) is 4. The third-order valence-electron chi connectivity index (χ3n) is 5.98. The Balaban J connectivity index is 1.58. The van der Waals surface area contributed by atoms with Crippen molar-refractivity contribution in [2.24, 2.45) is 5.92 Å². The highest BCUT2D eigenvalue weighted by Crippen LogP contribution is 2.42. The molecule has 0 N–H and O–H groups in total. The van der Waals surface area contributed by atoms with Gasteiger partial charge in [0.1, 0.15) is 0 Å². The summed E-state index contributed by atoms with van der Waals surface area (Å²) in [5.74, 6) is 2.60. The number of ether oxygens (including phenoxy) is 2. The molecule has 1 saturated carbocycles. The Labute approximate surface area is 152 Å². The maximum absolute atomic E-state index is 6.08. The van der Waals surface area contributed by atoms with Gasteiger partial charge in [-0.15, -0.1) is 0 Å². The number of fused-ring (bicyclic) bond motifs is 3. The Bertz CT molecular complexity index is 627. The summed E-state index contributed by atoms with van der Waals surface area (Å²) in [7, 11) is 4.05. The zero-order chi connectivity index (χ0) is 17.6. The van der Waals surface area contributed by atoms with Crippen LogP contribution in [0.3, 0.4) is 0 Å². The van der Waals surface area contributed by atoms with Crippen molar-refractivity contribution in [3.05, 3.63) is 23.3 Å². The van der Waals surface area contributed by atoms with Gasteiger partial charge in [0.05, 0.1) is 13.2 Å². The fourth-order valence-corrected chi connectivity index (χ4v) is 4.44. The van der Waals surface area contributed by atoms with E-state index in [1.807, 2.05) is 0 Å². The molecule has 0 radical (unpaired) electrons. The third kappa shape index (κ3) is 3.52. The summed E-state index contributed by atoms with van der Waals surface area (Å²) in [6.07, 6.45) is 5.17. The van der Waals surface area contributed by atoms with E-state index in [1.54, 1.807) is 7.11 Å². The van der Waals surface area contributed by atoms with Crippen LogP contribution in [-0.4, -0.2) is 55.7 Å². The van der Waals surface area contributed by atoms with Crippen LogP contribution in [0.25, 0.3) is 0 Å². The van der Waals surface area contributed by atoms with Crippen molar-refractivity contribution >= 4 is 0 Å². The van der Waals surface area contributed by atoms with Gasteiger partial charge in [-0.05, 0) is 61.9 Å². The summed E-state index contributed by atoms with van der Waals surface area (Å²) >= 11 is 0. The van der Waals surface area contributed by atoms with Crippen molar-refractivity contribution in [3.63, 3.8) is 0 Å². The van der Waals surface area contributed by atoms with Crippen LogP contribution in [0.4, 0.5) is 0 Å². The first-order valence-corrected chi connectivity index (χ1v) is 9.87. The number of piperazine rings is 1. The van der Waals surface area contributed by atoms with E-state index in [2.05, 4.69) is 42.8 Å². The predicted octanol–water partition coefficient (Wildman–Crippen LogP) is 3.50. The Morgan fingerprint density at radius 1 is 1.16 bits per heavy atom. The van der Waals surface area contributed by atoms with Crippen molar-refractivity contribution in [2.75, 3.05) is 33.8 Å². The second kappa shape index (κ2) is 6.81. The van der Waals surface area contributed by atoms with Crippen molar-refractivity contribution in [3.8, 4) is 11.5 Å². The minimum Gasteiger partial charge on any atom is -0.493 e. The van der Waals surface area contributed by atoms with Gasteiger partial charge in [-0.1, -0.05) is 13.8 Å². The van der Waals surface area contributed by atoms with Gasteiger partial charge in [0.25, 0.3) is 0 Å². The molecule has 0 bridgehead atoms. The van der Waals surface area contributed by atoms with Crippen molar-refractivity contribution < 1.29 is 9.47 Å². The van der Waals surface area contributed by atoms with E-state index in [-0.39, 0.29) is 0 Å². The lowest BCUT2D eigenvalue weighted by Gasteiger charge is -2.48. The van der Waals surface area contributed by atoms with Crippen LogP contribution in [0.15, 0.2) is 12.1 Å². The SMILES string of the molecule is COc1cc2c(cc1OC1CC1)CCN1C[C@@H](CC(C)C)N(C)CC21. The van der Waals surface area contributed by atoms with Gasteiger partial charge >= 0.3 is 0 Å². The van der Waals surface area contributed by atoms with Crippen molar-refractivity contribution in [2.45, 2.75) is 57.7 Å². The summed E-state index contributed by atoms with van der Waals surface area (Å²) in [6.45, 7) is 8.11. The third-order valence-corrected chi connectivity index (χ3v) is 5.98. The highest BCUT2D eigenvalue weighted by atomic mass is 16.5. The van der Waals surface area contributed by atoms with Crippen molar-refractivity contribution in [1.29, 1.82) is 0 Å². The second-order valence-corrected chi connectivity index (χ2v) is 8.50. The molecule has 25 heavy (non-hydrogen) atoms. The summed E-state index contributed by atoms with van der Waals surface area (Å²) in [4.78, 5) is 5.26. The Morgan fingerprint density at radius 3 is 2.64 bits per heavy atom. The summed E-state index contributed by atoms with van der Waals surface area (Å²) in [6, 6.07) is 5.67. The maximum atomic E-state index is 6.08. The molecule has 2 aliphatic heterocycles.